The van der Waals surface area contributed by atoms with Gasteiger partial charge in [-0.3, -0.25) is 19.9 Å². The van der Waals surface area contributed by atoms with Crippen molar-refractivity contribution in [1.29, 1.82) is 0 Å². The summed E-state index contributed by atoms with van der Waals surface area (Å²) in [5.41, 5.74) is 15.8. The second kappa shape index (κ2) is 27.8. The molecular formula is C74H82N14. The van der Waals surface area contributed by atoms with E-state index in [0.717, 1.165) is 28.0 Å². The zero-order valence-corrected chi connectivity index (χ0v) is 53.9. The van der Waals surface area contributed by atoms with Crippen molar-refractivity contribution in [2.24, 2.45) is 56.4 Å². The summed E-state index contributed by atoms with van der Waals surface area (Å²) in [6.45, 7) is 16.8. The van der Waals surface area contributed by atoms with Crippen LogP contribution in [0, 0.1) is 55.4 Å². The maximum atomic E-state index is 4.38. The fourth-order valence-corrected chi connectivity index (χ4v) is 10.7. The maximum absolute atomic E-state index is 4.38. The molecule has 0 amide bonds. The first-order valence-electron chi connectivity index (χ1n) is 29.5. The molecule has 448 valence electrons. The number of hydrogen-bond donors (Lipinski definition) is 0. The summed E-state index contributed by atoms with van der Waals surface area (Å²) in [5, 5.41) is 12.7. The second-order valence-electron chi connectivity index (χ2n) is 22.4. The van der Waals surface area contributed by atoms with E-state index < -0.39 is 0 Å². The first-order chi connectivity index (χ1) is 42.3. The van der Waals surface area contributed by atoms with Gasteiger partial charge in [-0.15, -0.1) is 0 Å². The number of fused-ring (bicyclic) bond motifs is 8. The molecule has 88 heavy (non-hydrogen) atoms. The largest absolute Gasteiger partial charge is 0.353 e. The van der Waals surface area contributed by atoms with E-state index in [1.165, 1.54) is 105 Å². The Kier molecular flexibility index (Phi) is 19.6. The lowest BCUT2D eigenvalue weighted by molar-refractivity contribution is 0.886. The van der Waals surface area contributed by atoms with Crippen LogP contribution in [0.2, 0.25) is 0 Å². The molecule has 16 rings (SSSR count). The third kappa shape index (κ3) is 14.0. The van der Waals surface area contributed by atoms with Crippen LogP contribution in [0.3, 0.4) is 0 Å². The van der Waals surface area contributed by atoms with Crippen LogP contribution in [0.5, 0.6) is 0 Å². The number of nitrogens with zero attached hydrogens (tertiary/aromatic N) is 14. The molecule has 0 aliphatic rings. The molecule has 0 unspecified atom stereocenters. The zero-order chi connectivity index (χ0) is 62.8. The van der Waals surface area contributed by atoms with Gasteiger partial charge in [-0.25, -0.2) is 9.97 Å². The predicted octanol–water partition coefficient (Wildman–Crippen LogP) is 16.3. The van der Waals surface area contributed by atoms with Crippen molar-refractivity contribution < 1.29 is 0 Å². The maximum Gasteiger partial charge on any atom is 0.139 e. The SMILES string of the molecule is Cc1c2ccccc2cn1C.Cc1c2cccnc2cn1C.Cc1c2ccncc2cn1C.Cc1c2cnccc2cn1C.Cc1c2ncccc2cn1C.Cc1cc2ccccc2n1C.Cc1cc2cccnc2n1C.Cc1nc2ccccc2n1C. The standard InChI is InChI=1S/2C10H11N.6C9H10N2/c1-8-10-6-4-3-5-9(10)7-11(8)2;1-8-7-9-5-3-4-6-10(9)11(8)2;1-7-9-3-4-10-5-8(9)6-11(7)2;1-7-9-5-10-4-3-8(9)6-11(7)2;1-7-8-4-3-5-10-9(8)6-11(7)2;1-7-9-8(6-11(7)2)4-3-5-10-9;1-7-6-8-4-3-5-10-9(8)11(7)2;1-7-10-8-5-3-4-6-9(8)11(7)2/h2*3-7H,1-2H3;6*3-6H,1-2H3. The Morgan fingerprint density at radius 3 is 1.43 bits per heavy atom. The highest BCUT2D eigenvalue weighted by atomic mass is 15.1. The molecule has 13 heterocycles. The van der Waals surface area contributed by atoms with Gasteiger partial charge in [0.25, 0.3) is 0 Å². The summed E-state index contributed by atoms with van der Waals surface area (Å²) in [7, 11) is 16.4. The predicted molar refractivity (Wildman–Crippen MR) is 368 cm³/mol. The Labute approximate surface area is 516 Å². The summed E-state index contributed by atoms with van der Waals surface area (Å²) >= 11 is 0. The summed E-state index contributed by atoms with van der Waals surface area (Å²) in [5.74, 6) is 1.06. The molecule has 0 saturated carbocycles. The molecule has 16 aromatic rings. The van der Waals surface area contributed by atoms with Gasteiger partial charge in [-0.05, 0) is 145 Å². The number of benzene rings is 3. The van der Waals surface area contributed by atoms with Gasteiger partial charge < -0.3 is 36.5 Å². The van der Waals surface area contributed by atoms with Crippen LogP contribution in [-0.2, 0) is 56.4 Å². The Morgan fingerprint density at radius 2 is 0.784 bits per heavy atom. The first kappa shape index (κ1) is 62.2. The van der Waals surface area contributed by atoms with E-state index in [1.807, 2.05) is 133 Å². The van der Waals surface area contributed by atoms with Crippen molar-refractivity contribution in [2.45, 2.75) is 55.4 Å². The summed E-state index contributed by atoms with van der Waals surface area (Å²) in [4.78, 5) is 25.3. The Bertz CT molecular complexity index is 4030. The first-order valence-corrected chi connectivity index (χ1v) is 29.5. The van der Waals surface area contributed by atoms with Gasteiger partial charge in [0.1, 0.15) is 11.5 Å². The minimum Gasteiger partial charge on any atom is -0.353 e. The number of hydrogen-bond acceptors (Lipinski definition) is 6. The van der Waals surface area contributed by atoms with Crippen LogP contribution >= 0.6 is 0 Å². The van der Waals surface area contributed by atoms with E-state index >= 15 is 0 Å². The molecule has 0 atom stereocenters. The minimum absolute atomic E-state index is 1.06. The molecule has 0 bridgehead atoms. The molecule has 0 fully saturated rings. The fourth-order valence-electron chi connectivity index (χ4n) is 10.7. The van der Waals surface area contributed by atoms with Crippen LogP contribution in [0.1, 0.15) is 45.7 Å². The molecule has 0 spiro atoms. The van der Waals surface area contributed by atoms with Crippen LogP contribution in [0.15, 0.2) is 208 Å². The van der Waals surface area contributed by atoms with E-state index in [4.69, 9.17) is 0 Å². The van der Waals surface area contributed by atoms with Gasteiger partial charge in [-0.2, -0.15) is 0 Å². The third-order valence-electron chi connectivity index (χ3n) is 16.8. The van der Waals surface area contributed by atoms with Crippen molar-refractivity contribution in [3.63, 3.8) is 0 Å². The van der Waals surface area contributed by atoms with E-state index in [2.05, 4.69) is 253 Å². The van der Waals surface area contributed by atoms with Crippen molar-refractivity contribution in [1.82, 2.24) is 66.4 Å². The summed E-state index contributed by atoms with van der Waals surface area (Å²) < 4.78 is 17.0. The Hall–Kier alpha value is -10.3. The van der Waals surface area contributed by atoms with E-state index in [-0.39, 0.29) is 0 Å². The van der Waals surface area contributed by atoms with Gasteiger partial charge >= 0.3 is 0 Å². The van der Waals surface area contributed by atoms with Crippen molar-refractivity contribution >= 4 is 87.1 Å². The van der Waals surface area contributed by atoms with E-state index in [0.29, 0.717) is 0 Å². The average Bonchev–Trinajstić information content (AvgIpc) is 4.60. The highest BCUT2D eigenvalue weighted by Gasteiger charge is 2.06. The summed E-state index contributed by atoms with van der Waals surface area (Å²) in [6.07, 6.45) is 23.4. The number of para-hydroxylation sites is 3. The lowest BCUT2D eigenvalue weighted by Gasteiger charge is -1.96. The lowest BCUT2D eigenvalue weighted by atomic mass is 10.2. The van der Waals surface area contributed by atoms with E-state index in [1.54, 1.807) is 0 Å². The molecule has 0 radical (unpaired) electrons. The van der Waals surface area contributed by atoms with Crippen LogP contribution < -0.4 is 0 Å². The van der Waals surface area contributed by atoms with Gasteiger partial charge in [0, 0.05) is 219 Å². The normalized spacial score (nSPS) is 10.7. The number of aromatic nitrogens is 14. The Balaban J connectivity index is 0.000000120. The fraction of sp³-hybridized carbons (Fsp3) is 0.216. The Morgan fingerprint density at radius 1 is 0.307 bits per heavy atom. The molecule has 14 heteroatoms. The second-order valence-corrected chi connectivity index (χ2v) is 22.4. The van der Waals surface area contributed by atoms with Gasteiger partial charge in [0.2, 0.25) is 0 Å². The van der Waals surface area contributed by atoms with Gasteiger partial charge in [0.15, 0.2) is 0 Å². The molecule has 14 nitrogen and oxygen atoms in total. The van der Waals surface area contributed by atoms with Crippen molar-refractivity contribution in [3.05, 3.63) is 254 Å². The van der Waals surface area contributed by atoms with Crippen LogP contribution in [0.4, 0.5) is 0 Å². The highest BCUT2D eigenvalue weighted by molar-refractivity contribution is 5.87. The molecule has 0 saturated heterocycles. The summed E-state index contributed by atoms with van der Waals surface area (Å²) in [6, 6.07) is 45.6. The minimum atomic E-state index is 1.06. The number of aryl methyl sites for hydroxylation is 16. The monoisotopic (exact) mass is 1170 g/mol. The van der Waals surface area contributed by atoms with Crippen molar-refractivity contribution in [2.75, 3.05) is 0 Å². The van der Waals surface area contributed by atoms with Crippen molar-refractivity contribution in [3.8, 4) is 0 Å². The molecule has 0 aliphatic carbocycles. The topological polar surface area (TPSA) is 117 Å². The molecule has 0 aliphatic heterocycles. The number of pyridine rings is 5. The van der Waals surface area contributed by atoms with Gasteiger partial charge in [-0.1, -0.05) is 54.6 Å². The number of rotatable bonds is 0. The molecule has 3 aromatic carbocycles. The highest BCUT2D eigenvalue weighted by Crippen LogP contribution is 2.22. The van der Waals surface area contributed by atoms with Crippen LogP contribution in [0.25, 0.3) is 87.1 Å². The third-order valence-corrected chi connectivity index (χ3v) is 16.8. The van der Waals surface area contributed by atoms with Gasteiger partial charge in [0.05, 0.1) is 22.1 Å². The molecule has 13 aromatic heterocycles. The zero-order valence-electron chi connectivity index (χ0n) is 53.9. The molecular weight excluding hydrogens is 1080 g/mol. The van der Waals surface area contributed by atoms with Crippen LogP contribution in [-0.4, -0.2) is 66.4 Å². The quantitative estimate of drug-likeness (QED) is 0.149. The number of imidazole rings is 1. The molecule has 0 N–H and O–H groups in total. The van der Waals surface area contributed by atoms with E-state index in [9.17, 15) is 0 Å². The average molecular weight is 1170 g/mol. The smallest absolute Gasteiger partial charge is 0.139 e. The lowest BCUT2D eigenvalue weighted by Crippen LogP contribution is -1.90.